The SMILES string of the molecule is CCOc1cc(N)cc(NCC2CCCCS2)c1. The number of ether oxygens (including phenoxy) is 1. The number of nitrogens with two attached hydrogens (primary N) is 1. The summed E-state index contributed by atoms with van der Waals surface area (Å²) in [5, 5.41) is 4.21. The molecule has 1 atom stereocenters. The van der Waals surface area contributed by atoms with Crippen molar-refractivity contribution in [3.8, 4) is 5.75 Å². The van der Waals surface area contributed by atoms with Gasteiger partial charge in [0, 0.05) is 35.3 Å². The van der Waals surface area contributed by atoms with Gasteiger partial charge in [-0.15, -0.1) is 0 Å². The summed E-state index contributed by atoms with van der Waals surface area (Å²) in [4.78, 5) is 0. The Morgan fingerprint density at radius 2 is 2.28 bits per heavy atom. The average Bonchev–Trinajstić information content (AvgIpc) is 2.37. The van der Waals surface area contributed by atoms with E-state index in [1.54, 1.807) is 0 Å². The Morgan fingerprint density at radius 1 is 1.39 bits per heavy atom. The highest BCUT2D eigenvalue weighted by Gasteiger charge is 2.13. The Kier molecular flexibility index (Phi) is 5.05. The van der Waals surface area contributed by atoms with Crippen LogP contribution in [0.15, 0.2) is 18.2 Å². The van der Waals surface area contributed by atoms with E-state index >= 15 is 0 Å². The van der Waals surface area contributed by atoms with E-state index in [2.05, 4.69) is 17.1 Å². The van der Waals surface area contributed by atoms with Crippen molar-refractivity contribution in [2.24, 2.45) is 0 Å². The second-order valence-corrected chi connectivity index (χ2v) is 6.00. The zero-order valence-electron chi connectivity index (χ0n) is 10.9. The Hall–Kier alpha value is -1.03. The third kappa shape index (κ3) is 4.02. The van der Waals surface area contributed by atoms with Crippen LogP contribution in [0.2, 0.25) is 0 Å². The van der Waals surface area contributed by atoms with Gasteiger partial charge in [-0.2, -0.15) is 11.8 Å². The molecule has 1 unspecified atom stereocenters. The summed E-state index contributed by atoms with van der Waals surface area (Å²) in [6, 6.07) is 5.85. The van der Waals surface area contributed by atoms with Crippen molar-refractivity contribution in [1.82, 2.24) is 0 Å². The first-order chi connectivity index (χ1) is 8.78. The first-order valence-corrected chi connectivity index (χ1v) is 7.71. The minimum atomic E-state index is 0.668. The largest absolute Gasteiger partial charge is 0.494 e. The number of hydrogen-bond donors (Lipinski definition) is 2. The molecule has 100 valence electrons. The molecule has 0 spiro atoms. The highest BCUT2D eigenvalue weighted by atomic mass is 32.2. The maximum atomic E-state index is 5.87. The van der Waals surface area contributed by atoms with E-state index in [0.29, 0.717) is 6.61 Å². The molecule has 2 rings (SSSR count). The van der Waals surface area contributed by atoms with Crippen LogP contribution in [-0.2, 0) is 0 Å². The zero-order chi connectivity index (χ0) is 12.8. The lowest BCUT2D eigenvalue weighted by atomic mass is 10.2. The second kappa shape index (κ2) is 6.78. The first-order valence-electron chi connectivity index (χ1n) is 6.67. The minimum Gasteiger partial charge on any atom is -0.494 e. The van der Waals surface area contributed by atoms with E-state index in [1.165, 1.54) is 25.0 Å². The standard InChI is InChI=1S/C14H22N2OS/c1-2-17-13-8-11(15)7-12(9-13)16-10-14-5-3-4-6-18-14/h7-9,14,16H,2-6,10,15H2,1H3. The summed E-state index contributed by atoms with van der Waals surface area (Å²) in [6.07, 6.45) is 4.05. The van der Waals surface area contributed by atoms with E-state index in [4.69, 9.17) is 10.5 Å². The zero-order valence-corrected chi connectivity index (χ0v) is 11.8. The van der Waals surface area contributed by atoms with Gasteiger partial charge in [0.1, 0.15) is 5.75 Å². The van der Waals surface area contributed by atoms with E-state index in [-0.39, 0.29) is 0 Å². The number of nitrogens with one attached hydrogen (secondary N) is 1. The molecule has 0 aliphatic carbocycles. The number of thioether (sulfide) groups is 1. The van der Waals surface area contributed by atoms with Crippen LogP contribution in [0.5, 0.6) is 5.75 Å². The van der Waals surface area contributed by atoms with Gasteiger partial charge >= 0.3 is 0 Å². The Morgan fingerprint density at radius 3 is 3.00 bits per heavy atom. The third-order valence-electron chi connectivity index (χ3n) is 3.05. The average molecular weight is 266 g/mol. The molecule has 4 heteroatoms. The fraction of sp³-hybridized carbons (Fsp3) is 0.571. The summed E-state index contributed by atoms with van der Waals surface area (Å²) < 4.78 is 5.49. The molecule has 1 aliphatic rings. The summed E-state index contributed by atoms with van der Waals surface area (Å²) in [6.45, 7) is 3.66. The lowest BCUT2D eigenvalue weighted by molar-refractivity contribution is 0.340. The van der Waals surface area contributed by atoms with Gasteiger partial charge in [-0.05, 0) is 31.6 Å². The minimum absolute atomic E-state index is 0.668. The van der Waals surface area contributed by atoms with Crippen LogP contribution in [-0.4, -0.2) is 24.2 Å². The lowest BCUT2D eigenvalue weighted by Crippen LogP contribution is -2.20. The topological polar surface area (TPSA) is 47.3 Å². The van der Waals surface area contributed by atoms with Crippen molar-refractivity contribution in [3.05, 3.63) is 18.2 Å². The number of hydrogen-bond acceptors (Lipinski definition) is 4. The predicted octanol–water partition coefficient (Wildman–Crippen LogP) is 3.37. The number of benzene rings is 1. The molecule has 0 saturated carbocycles. The Balaban J connectivity index is 1.91. The van der Waals surface area contributed by atoms with Crippen LogP contribution in [0, 0.1) is 0 Å². The van der Waals surface area contributed by atoms with Gasteiger partial charge in [0.2, 0.25) is 0 Å². The summed E-state index contributed by atoms with van der Waals surface area (Å²) in [7, 11) is 0. The normalized spacial score (nSPS) is 19.5. The molecule has 1 aromatic carbocycles. The van der Waals surface area contributed by atoms with Gasteiger partial charge in [-0.3, -0.25) is 0 Å². The van der Waals surface area contributed by atoms with E-state index in [9.17, 15) is 0 Å². The highest BCUT2D eigenvalue weighted by Crippen LogP contribution is 2.27. The van der Waals surface area contributed by atoms with Crippen molar-refractivity contribution < 1.29 is 4.74 Å². The molecule has 0 bridgehead atoms. The van der Waals surface area contributed by atoms with Gasteiger partial charge in [-0.1, -0.05) is 6.42 Å². The third-order valence-corrected chi connectivity index (χ3v) is 4.45. The van der Waals surface area contributed by atoms with E-state index < -0.39 is 0 Å². The van der Waals surface area contributed by atoms with Crippen molar-refractivity contribution in [1.29, 1.82) is 0 Å². The molecule has 1 saturated heterocycles. The number of anilines is 2. The van der Waals surface area contributed by atoms with Crippen LogP contribution in [0.1, 0.15) is 26.2 Å². The summed E-state index contributed by atoms with van der Waals surface area (Å²) >= 11 is 2.08. The highest BCUT2D eigenvalue weighted by molar-refractivity contribution is 7.99. The molecule has 1 fully saturated rings. The molecular weight excluding hydrogens is 244 g/mol. The maximum Gasteiger partial charge on any atom is 0.123 e. The van der Waals surface area contributed by atoms with Crippen LogP contribution < -0.4 is 15.8 Å². The fourth-order valence-electron chi connectivity index (χ4n) is 2.17. The molecule has 0 aromatic heterocycles. The van der Waals surface area contributed by atoms with Gasteiger partial charge in [0.15, 0.2) is 0 Å². The summed E-state index contributed by atoms with van der Waals surface area (Å²) in [5.74, 6) is 2.14. The van der Waals surface area contributed by atoms with Crippen LogP contribution in [0.3, 0.4) is 0 Å². The maximum absolute atomic E-state index is 5.87. The number of nitrogen functional groups attached to an aromatic ring is 1. The summed E-state index contributed by atoms with van der Waals surface area (Å²) in [5.41, 5.74) is 7.68. The smallest absolute Gasteiger partial charge is 0.123 e. The molecule has 1 aliphatic heterocycles. The fourth-order valence-corrected chi connectivity index (χ4v) is 3.41. The van der Waals surface area contributed by atoms with Crippen molar-refractivity contribution in [3.63, 3.8) is 0 Å². The molecule has 1 aromatic rings. The van der Waals surface area contributed by atoms with Crippen LogP contribution >= 0.6 is 11.8 Å². The van der Waals surface area contributed by atoms with Crippen molar-refractivity contribution in [2.75, 3.05) is 30.0 Å². The molecule has 3 N–H and O–H groups in total. The van der Waals surface area contributed by atoms with Gasteiger partial charge in [0.25, 0.3) is 0 Å². The van der Waals surface area contributed by atoms with Gasteiger partial charge < -0.3 is 15.8 Å². The monoisotopic (exact) mass is 266 g/mol. The molecule has 0 radical (unpaired) electrons. The van der Waals surface area contributed by atoms with Crippen molar-refractivity contribution >= 4 is 23.1 Å². The van der Waals surface area contributed by atoms with Gasteiger partial charge in [0.05, 0.1) is 6.61 Å². The molecule has 1 heterocycles. The quantitative estimate of drug-likeness (QED) is 0.802. The van der Waals surface area contributed by atoms with Crippen LogP contribution in [0.25, 0.3) is 0 Å². The van der Waals surface area contributed by atoms with E-state index in [1.807, 2.05) is 25.1 Å². The van der Waals surface area contributed by atoms with E-state index in [0.717, 1.165) is 28.9 Å². The first kappa shape index (κ1) is 13.4. The molecular formula is C14H22N2OS. The predicted molar refractivity (Wildman–Crippen MR) is 80.6 cm³/mol. The molecule has 0 amide bonds. The second-order valence-electron chi connectivity index (χ2n) is 4.59. The van der Waals surface area contributed by atoms with Crippen LogP contribution in [0.4, 0.5) is 11.4 Å². The lowest BCUT2D eigenvalue weighted by Gasteiger charge is -2.22. The number of rotatable bonds is 5. The molecule has 3 nitrogen and oxygen atoms in total. The van der Waals surface area contributed by atoms with Crippen molar-refractivity contribution in [2.45, 2.75) is 31.4 Å². The Bertz CT molecular complexity index is 378. The molecule has 18 heavy (non-hydrogen) atoms. The van der Waals surface area contributed by atoms with Gasteiger partial charge in [-0.25, -0.2) is 0 Å². The Labute approximate surface area is 113 Å².